The Hall–Kier alpha value is -4.70. The van der Waals surface area contributed by atoms with Gasteiger partial charge < -0.3 is 19.1 Å². The van der Waals surface area contributed by atoms with Gasteiger partial charge in [-0.25, -0.2) is 9.79 Å². The lowest BCUT2D eigenvalue weighted by atomic mass is 9.93. The quantitative estimate of drug-likeness (QED) is 0.234. The summed E-state index contributed by atoms with van der Waals surface area (Å²) in [5.74, 6) is -1.16. The molecule has 3 heterocycles. The number of hydrogen-bond acceptors (Lipinski definition) is 8. The number of thiazole rings is 1. The SMILES string of the molecule is CCOC(=O)C1=C(c2ccccc2)N=c2s/c(=C\c3ccc(-c4ccc(C(=O)[O-])c(Cl)c4)o3)c(=O)n2[C@@H]1c1ccc(Cl)cc1. The van der Waals surface area contributed by atoms with E-state index in [1.54, 1.807) is 55.5 Å². The van der Waals surface area contributed by atoms with Gasteiger partial charge in [0.05, 0.1) is 39.4 Å². The van der Waals surface area contributed by atoms with Crippen LogP contribution in [0.15, 0.2) is 105 Å². The number of carboxylic acid groups (broad SMARTS) is 1. The molecule has 0 radical (unpaired) electrons. The molecule has 8 nitrogen and oxygen atoms in total. The number of halogens is 2. The van der Waals surface area contributed by atoms with Crippen LogP contribution in [0.3, 0.4) is 0 Å². The Labute approximate surface area is 264 Å². The molecule has 0 fully saturated rings. The maximum Gasteiger partial charge on any atom is 0.338 e. The third-order valence-electron chi connectivity index (χ3n) is 6.93. The van der Waals surface area contributed by atoms with Gasteiger partial charge in [0, 0.05) is 27.8 Å². The maximum atomic E-state index is 14.0. The first kappa shape index (κ1) is 29.4. The minimum Gasteiger partial charge on any atom is -0.545 e. The van der Waals surface area contributed by atoms with Crippen molar-refractivity contribution in [1.82, 2.24) is 4.57 Å². The second kappa shape index (κ2) is 12.1. The number of nitrogens with zero attached hydrogens (tertiary/aromatic N) is 2. The first-order chi connectivity index (χ1) is 21.2. The van der Waals surface area contributed by atoms with Crippen LogP contribution in [-0.2, 0) is 9.53 Å². The molecule has 1 aliphatic rings. The van der Waals surface area contributed by atoms with Crippen LogP contribution >= 0.6 is 34.5 Å². The molecule has 0 spiro atoms. The van der Waals surface area contributed by atoms with Crippen molar-refractivity contribution in [2.24, 2.45) is 4.99 Å². The average Bonchev–Trinajstić information content (AvgIpc) is 3.61. The predicted octanol–water partition coefficient (Wildman–Crippen LogP) is 4.87. The van der Waals surface area contributed by atoms with Crippen molar-refractivity contribution in [3.63, 3.8) is 0 Å². The Morgan fingerprint density at radius 2 is 1.77 bits per heavy atom. The molecule has 44 heavy (non-hydrogen) atoms. The Morgan fingerprint density at radius 3 is 2.45 bits per heavy atom. The fraction of sp³-hybridized carbons (Fsp3) is 0.0909. The lowest BCUT2D eigenvalue weighted by molar-refractivity contribution is -0.255. The summed E-state index contributed by atoms with van der Waals surface area (Å²) in [5, 5.41) is 11.7. The summed E-state index contributed by atoms with van der Waals surface area (Å²) in [6.07, 6.45) is 1.60. The Kier molecular flexibility index (Phi) is 8.09. The molecule has 0 saturated carbocycles. The number of esters is 1. The number of ether oxygens (including phenoxy) is 1. The molecule has 0 saturated heterocycles. The van der Waals surface area contributed by atoms with Crippen molar-refractivity contribution in [2.45, 2.75) is 13.0 Å². The number of carbonyl (C=O) groups is 2. The normalized spacial score (nSPS) is 14.7. The van der Waals surface area contributed by atoms with Crippen LogP contribution in [0.4, 0.5) is 0 Å². The number of rotatable bonds is 7. The summed E-state index contributed by atoms with van der Waals surface area (Å²) in [6.45, 7) is 1.86. The van der Waals surface area contributed by atoms with Gasteiger partial charge in [-0.3, -0.25) is 9.36 Å². The molecule has 11 heteroatoms. The highest BCUT2D eigenvalue weighted by atomic mass is 35.5. The Balaban J connectivity index is 1.52. The van der Waals surface area contributed by atoms with Gasteiger partial charge in [0.2, 0.25) is 0 Å². The average molecular weight is 645 g/mol. The standard InChI is InChI=1S/C33H22Cl2N2O6S/c1-2-42-32(41)27-28(18-6-4-3-5-7-18)36-33-37(29(27)19-8-11-21(34)12-9-19)30(38)26(44-33)17-22-13-15-25(43-22)20-10-14-23(31(39)40)24(35)16-20/h3-17,29H,2H2,1H3,(H,39,40)/p-1/b26-17-/t29-/m1/s1. The summed E-state index contributed by atoms with van der Waals surface area (Å²) in [4.78, 5) is 44.0. The van der Waals surface area contributed by atoms with Crippen LogP contribution in [0.5, 0.6) is 0 Å². The summed E-state index contributed by atoms with van der Waals surface area (Å²) < 4.78 is 13.3. The Bertz CT molecular complexity index is 2130. The van der Waals surface area contributed by atoms with Crippen molar-refractivity contribution in [3.8, 4) is 11.3 Å². The molecule has 0 aliphatic carbocycles. The second-order valence-corrected chi connectivity index (χ2v) is 11.5. The van der Waals surface area contributed by atoms with E-state index in [0.29, 0.717) is 48.3 Å². The molecule has 1 aliphatic heterocycles. The summed E-state index contributed by atoms with van der Waals surface area (Å²) in [7, 11) is 0. The largest absolute Gasteiger partial charge is 0.545 e. The third kappa shape index (κ3) is 5.53. The summed E-state index contributed by atoms with van der Waals surface area (Å²) >= 11 is 13.4. The van der Waals surface area contributed by atoms with Crippen molar-refractivity contribution >= 4 is 58.3 Å². The molecule has 0 bridgehead atoms. The molecule has 220 valence electrons. The molecular weight excluding hydrogens is 623 g/mol. The van der Waals surface area contributed by atoms with Gasteiger partial charge in [-0.1, -0.05) is 89.1 Å². The third-order valence-corrected chi connectivity index (χ3v) is 8.48. The lowest BCUT2D eigenvalue weighted by Crippen LogP contribution is -2.39. The number of carboxylic acids is 1. The van der Waals surface area contributed by atoms with Crippen LogP contribution in [0, 0.1) is 0 Å². The van der Waals surface area contributed by atoms with Gasteiger partial charge in [-0.05, 0) is 42.8 Å². The molecule has 0 unspecified atom stereocenters. The molecule has 2 aromatic heterocycles. The smallest absolute Gasteiger partial charge is 0.338 e. The monoisotopic (exact) mass is 643 g/mol. The number of aromatic nitrogens is 1. The van der Waals surface area contributed by atoms with Gasteiger partial charge in [-0.15, -0.1) is 0 Å². The van der Waals surface area contributed by atoms with Crippen LogP contribution in [0.1, 0.15) is 40.2 Å². The van der Waals surface area contributed by atoms with Crippen LogP contribution in [-0.4, -0.2) is 23.1 Å². The molecule has 3 aromatic carbocycles. The van der Waals surface area contributed by atoms with Crippen molar-refractivity contribution < 1.29 is 23.8 Å². The van der Waals surface area contributed by atoms with E-state index in [2.05, 4.69) is 0 Å². The second-order valence-electron chi connectivity index (χ2n) is 9.67. The molecule has 1 atom stereocenters. The van der Waals surface area contributed by atoms with Crippen molar-refractivity contribution in [2.75, 3.05) is 6.61 Å². The molecule has 0 amide bonds. The Morgan fingerprint density at radius 1 is 1.02 bits per heavy atom. The number of fused-ring (bicyclic) bond motifs is 1. The van der Waals surface area contributed by atoms with Crippen molar-refractivity contribution in [3.05, 3.63) is 143 Å². The van der Waals surface area contributed by atoms with Crippen LogP contribution in [0.2, 0.25) is 10.0 Å². The number of carbonyl (C=O) groups excluding carboxylic acids is 2. The predicted molar refractivity (Wildman–Crippen MR) is 166 cm³/mol. The lowest BCUT2D eigenvalue weighted by Gasteiger charge is -2.25. The maximum absolute atomic E-state index is 14.0. The van der Waals surface area contributed by atoms with E-state index in [-0.39, 0.29) is 28.3 Å². The first-order valence-corrected chi connectivity index (χ1v) is 15.0. The number of hydrogen-bond donors (Lipinski definition) is 0. The van der Waals surface area contributed by atoms with Crippen LogP contribution < -0.4 is 20.0 Å². The minimum atomic E-state index is -1.38. The zero-order valence-corrected chi connectivity index (χ0v) is 25.3. The molecule has 6 rings (SSSR count). The molecule has 5 aromatic rings. The zero-order valence-electron chi connectivity index (χ0n) is 23.0. The summed E-state index contributed by atoms with van der Waals surface area (Å²) in [6, 6.07) is 23.1. The zero-order chi connectivity index (χ0) is 31.0. The number of furan rings is 1. The van der Waals surface area contributed by atoms with Crippen molar-refractivity contribution in [1.29, 1.82) is 0 Å². The van der Waals surface area contributed by atoms with Gasteiger partial charge >= 0.3 is 5.97 Å². The van der Waals surface area contributed by atoms with Gasteiger partial charge in [0.1, 0.15) is 11.5 Å². The first-order valence-electron chi connectivity index (χ1n) is 13.4. The van der Waals surface area contributed by atoms with E-state index in [0.717, 1.165) is 11.3 Å². The molecule has 0 N–H and O–H groups in total. The molecular formula is C33H21Cl2N2O6S-. The summed E-state index contributed by atoms with van der Waals surface area (Å²) in [5.41, 5.74) is 2.05. The van der Waals surface area contributed by atoms with Gasteiger partial charge in [0.25, 0.3) is 5.56 Å². The van der Waals surface area contributed by atoms with E-state index in [1.807, 2.05) is 30.3 Å². The highest BCUT2D eigenvalue weighted by Crippen LogP contribution is 2.35. The van der Waals surface area contributed by atoms with Crippen LogP contribution in [0.25, 0.3) is 23.1 Å². The van der Waals surface area contributed by atoms with E-state index in [4.69, 9.17) is 37.3 Å². The fourth-order valence-electron chi connectivity index (χ4n) is 4.95. The van der Waals surface area contributed by atoms with Gasteiger partial charge in [-0.2, -0.15) is 0 Å². The fourth-order valence-corrected chi connectivity index (χ4v) is 6.31. The van der Waals surface area contributed by atoms with E-state index >= 15 is 0 Å². The van der Waals surface area contributed by atoms with E-state index < -0.39 is 18.0 Å². The number of aromatic carboxylic acids is 1. The number of benzene rings is 3. The van der Waals surface area contributed by atoms with Gasteiger partial charge in [0.15, 0.2) is 4.80 Å². The minimum absolute atomic E-state index is 0.0163. The van der Waals surface area contributed by atoms with E-state index in [9.17, 15) is 19.5 Å². The highest BCUT2D eigenvalue weighted by molar-refractivity contribution is 7.07. The topological polar surface area (TPSA) is 114 Å². The van der Waals surface area contributed by atoms with E-state index in [1.165, 1.54) is 16.7 Å². The highest BCUT2D eigenvalue weighted by Gasteiger charge is 2.35.